The number of hydrogen-bond donors (Lipinski definition) is 0. The summed E-state index contributed by atoms with van der Waals surface area (Å²) in [4.78, 5) is 0. The third-order valence-corrected chi connectivity index (χ3v) is 3.58. The van der Waals surface area contributed by atoms with Crippen LogP contribution < -0.4 is 0 Å². The van der Waals surface area contributed by atoms with Crippen molar-refractivity contribution in [2.45, 2.75) is 12.8 Å². The predicted molar refractivity (Wildman–Crippen MR) is 63.0 cm³/mol. The molecule has 0 aromatic carbocycles. The molecule has 0 atom stereocenters. The van der Waals surface area contributed by atoms with Crippen molar-refractivity contribution in [2.24, 2.45) is 5.92 Å². The first-order valence-corrected chi connectivity index (χ1v) is 6.78. The molecule has 0 unspecified atom stereocenters. The zero-order valence-corrected chi connectivity index (χ0v) is 11.3. The first-order chi connectivity index (χ1) is 6.35. The quantitative estimate of drug-likeness (QED) is 0.481. The van der Waals surface area contributed by atoms with E-state index in [9.17, 15) is 0 Å². The fourth-order valence-electron chi connectivity index (χ4n) is 0.853. The molecule has 0 heterocycles. The largest absolute Gasteiger partial charge is 0.385 e. The number of halogens is 2. The Morgan fingerprint density at radius 3 is 2.31 bits per heavy atom. The molecule has 0 aromatic rings. The fraction of sp³-hybridized carbons (Fsp3) is 1.00. The molecule has 0 aromatic heterocycles. The van der Waals surface area contributed by atoms with Gasteiger partial charge in [-0.1, -0.05) is 31.9 Å². The fourth-order valence-corrected chi connectivity index (χ4v) is 2.57. The molecular formula is C9H18Br2O2. The monoisotopic (exact) mass is 316 g/mol. The molecule has 0 radical (unpaired) electrons. The van der Waals surface area contributed by atoms with Crippen molar-refractivity contribution in [1.29, 1.82) is 0 Å². The lowest BCUT2D eigenvalue weighted by molar-refractivity contribution is 0.0967. The number of hydrogen-bond acceptors (Lipinski definition) is 2. The molecule has 0 N–H and O–H groups in total. The molecule has 0 saturated heterocycles. The molecular weight excluding hydrogens is 300 g/mol. The Hall–Kier alpha value is 0.880. The highest BCUT2D eigenvalue weighted by Gasteiger charge is 2.03. The van der Waals surface area contributed by atoms with Gasteiger partial charge in [-0.25, -0.2) is 0 Å². The minimum absolute atomic E-state index is 0.683. The van der Waals surface area contributed by atoms with Gasteiger partial charge in [0, 0.05) is 37.6 Å². The summed E-state index contributed by atoms with van der Waals surface area (Å²) in [6, 6.07) is 0. The van der Waals surface area contributed by atoms with Crippen LogP contribution in [0.25, 0.3) is 0 Å². The number of alkyl halides is 2. The van der Waals surface area contributed by atoms with Crippen molar-refractivity contribution in [3.05, 3.63) is 0 Å². The van der Waals surface area contributed by atoms with Crippen LogP contribution in [0.2, 0.25) is 0 Å². The number of rotatable bonds is 9. The van der Waals surface area contributed by atoms with E-state index >= 15 is 0 Å². The van der Waals surface area contributed by atoms with E-state index in [0.717, 1.165) is 43.3 Å². The highest BCUT2D eigenvalue weighted by atomic mass is 79.9. The van der Waals surface area contributed by atoms with Crippen LogP contribution in [0.1, 0.15) is 12.8 Å². The van der Waals surface area contributed by atoms with Crippen LogP contribution in [-0.2, 0) is 9.47 Å². The van der Waals surface area contributed by atoms with E-state index in [2.05, 4.69) is 31.9 Å². The van der Waals surface area contributed by atoms with Crippen LogP contribution >= 0.6 is 31.9 Å². The van der Waals surface area contributed by atoms with E-state index in [-0.39, 0.29) is 0 Å². The third kappa shape index (κ3) is 9.19. The van der Waals surface area contributed by atoms with Crippen molar-refractivity contribution in [1.82, 2.24) is 0 Å². The molecule has 0 spiro atoms. The highest BCUT2D eigenvalue weighted by molar-refractivity contribution is 9.09. The van der Waals surface area contributed by atoms with Crippen molar-refractivity contribution in [3.8, 4) is 0 Å². The van der Waals surface area contributed by atoms with Crippen LogP contribution in [0.15, 0.2) is 0 Å². The minimum Gasteiger partial charge on any atom is -0.385 e. The topological polar surface area (TPSA) is 18.5 Å². The predicted octanol–water partition coefficient (Wildman–Crippen LogP) is 2.84. The first kappa shape index (κ1) is 13.9. The molecule has 0 rings (SSSR count). The normalized spacial score (nSPS) is 11.1. The lowest BCUT2D eigenvalue weighted by Gasteiger charge is -2.10. The van der Waals surface area contributed by atoms with Gasteiger partial charge in [-0.2, -0.15) is 0 Å². The van der Waals surface area contributed by atoms with Crippen LogP contribution in [0.5, 0.6) is 0 Å². The van der Waals surface area contributed by atoms with Crippen molar-refractivity contribution in [3.63, 3.8) is 0 Å². The molecule has 4 heteroatoms. The van der Waals surface area contributed by atoms with Crippen LogP contribution in [-0.4, -0.2) is 37.6 Å². The Balaban J connectivity index is 3.05. The zero-order chi connectivity index (χ0) is 9.94. The van der Waals surface area contributed by atoms with E-state index < -0.39 is 0 Å². The van der Waals surface area contributed by atoms with E-state index in [0.29, 0.717) is 5.92 Å². The van der Waals surface area contributed by atoms with Crippen molar-refractivity contribution < 1.29 is 9.47 Å². The summed E-state index contributed by atoms with van der Waals surface area (Å²) >= 11 is 6.93. The van der Waals surface area contributed by atoms with Crippen LogP contribution in [0.3, 0.4) is 0 Å². The molecule has 0 fully saturated rings. The summed E-state index contributed by atoms with van der Waals surface area (Å²) in [7, 11) is 1.71. The van der Waals surface area contributed by atoms with Gasteiger partial charge in [0.05, 0.1) is 0 Å². The highest BCUT2D eigenvalue weighted by Crippen LogP contribution is 2.10. The summed E-state index contributed by atoms with van der Waals surface area (Å²) in [6.45, 7) is 2.46. The van der Waals surface area contributed by atoms with Gasteiger partial charge in [-0.15, -0.1) is 0 Å². The number of methoxy groups -OCH3 is 1. The van der Waals surface area contributed by atoms with Gasteiger partial charge in [0.15, 0.2) is 0 Å². The average molecular weight is 318 g/mol. The SMILES string of the molecule is COCCCOCCC(CBr)CBr. The Labute approximate surface area is 97.6 Å². The molecule has 0 aliphatic heterocycles. The Kier molecular flexibility index (Phi) is 11.7. The van der Waals surface area contributed by atoms with E-state index in [1.165, 1.54) is 0 Å². The lowest BCUT2D eigenvalue weighted by Crippen LogP contribution is -2.09. The summed E-state index contributed by atoms with van der Waals surface area (Å²) in [5, 5.41) is 2.08. The Bertz CT molecular complexity index is 97.6. The van der Waals surface area contributed by atoms with Gasteiger partial charge in [-0.05, 0) is 18.8 Å². The summed E-state index contributed by atoms with van der Waals surface area (Å²) in [5.41, 5.74) is 0. The molecule has 0 saturated carbocycles. The third-order valence-electron chi connectivity index (χ3n) is 1.74. The summed E-state index contributed by atoms with van der Waals surface area (Å²) in [6.07, 6.45) is 2.10. The molecule has 0 bridgehead atoms. The summed E-state index contributed by atoms with van der Waals surface area (Å²) < 4.78 is 10.4. The maximum Gasteiger partial charge on any atom is 0.0487 e. The Morgan fingerprint density at radius 1 is 1.08 bits per heavy atom. The van der Waals surface area contributed by atoms with Crippen LogP contribution in [0, 0.1) is 5.92 Å². The van der Waals surface area contributed by atoms with Crippen LogP contribution in [0.4, 0.5) is 0 Å². The van der Waals surface area contributed by atoms with Gasteiger partial charge in [0.25, 0.3) is 0 Å². The molecule has 0 aliphatic carbocycles. The molecule has 0 amide bonds. The zero-order valence-electron chi connectivity index (χ0n) is 8.10. The molecule has 2 nitrogen and oxygen atoms in total. The maximum absolute atomic E-state index is 5.45. The van der Waals surface area contributed by atoms with E-state index in [1.54, 1.807) is 7.11 Å². The molecule has 13 heavy (non-hydrogen) atoms. The second-order valence-electron chi connectivity index (χ2n) is 2.92. The second kappa shape index (κ2) is 11.0. The first-order valence-electron chi connectivity index (χ1n) is 4.53. The maximum atomic E-state index is 5.45. The molecule has 0 aliphatic rings. The minimum atomic E-state index is 0.683. The van der Waals surface area contributed by atoms with E-state index in [4.69, 9.17) is 9.47 Å². The number of ether oxygens (including phenoxy) is 2. The standard InChI is InChI=1S/C9H18Br2O2/c1-12-4-2-5-13-6-3-9(7-10)8-11/h9H,2-8H2,1H3. The summed E-state index contributed by atoms with van der Waals surface area (Å²) in [5.74, 6) is 0.683. The van der Waals surface area contributed by atoms with Gasteiger partial charge < -0.3 is 9.47 Å². The average Bonchev–Trinajstić information content (AvgIpc) is 2.17. The van der Waals surface area contributed by atoms with Gasteiger partial charge in [-0.3, -0.25) is 0 Å². The van der Waals surface area contributed by atoms with Gasteiger partial charge in [0.1, 0.15) is 0 Å². The van der Waals surface area contributed by atoms with E-state index in [1.807, 2.05) is 0 Å². The van der Waals surface area contributed by atoms with Gasteiger partial charge >= 0.3 is 0 Å². The lowest BCUT2D eigenvalue weighted by atomic mass is 10.1. The van der Waals surface area contributed by atoms with Crippen molar-refractivity contribution in [2.75, 3.05) is 37.6 Å². The van der Waals surface area contributed by atoms with Crippen molar-refractivity contribution >= 4 is 31.9 Å². The Morgan fingerprint density at radius 2 is 1.77 bits per heavy atom. The smallest absolute Gasteiger partial charge is 0.0487 e. The second-order valence-corrected chi connectivity index (χ2v) is 4.22. The van der Waals surface area contributed by atoms with Gasteiger partial charge in [0.2, 0.25) is 0 Å². The molecule has 80 valence electrons.